The third-order valence-corrected chi connectivity index (χ3v) is 2.92. The number of aryl methyl sites for hydroxylation is 1. The Kier molecular flexibility index (Phi) is 2.64. The second kappa shape index (κ2) is 4.31. The number of halogens is 1. The molecule has 0 aliphatic heterocycles. The van der Waals surface area contributed by atoms with Crippen molar-refractivity contribution in [1.82, 2.24) is 19.7 Å². The van der Waals surface area contributed by atoms with Crippen LogP contribution in [0.3, 0.4) is 0 Å². The van der Waals surface area contributed by atoms with Gasteiger partial charge in [-0.1, -0.05) is 23.7 Å². The van der Waals surface area contributed by atoms with Gasteiger partial charge in [-0.05, 0) is 12.1 Å². The van der Waals surface area contributed by atoms with Crippen molar-refractivity contribution in [2.75, 3.05) is 0 Å². The van der Waals surface area contributed by atoms with Gasteiger partial charge in [-0.2, -0.15) is 5.10 Å². The number of nitrogens with one attached hydrogen (secondary N) is 1. The van der Waals surface area contributed by atoms with E-state index in [0.29, 0.717) is 5.02 Å². The van der Waals surface area contributed by atoms with Crippen LogP contribution < -0.4 is 0 Å². The molecule has 0 saturated carbocycles. The van der Waals surface area contributed by atoms with Crippen molar-refractivity contribution in [2.24, 2.45) is 7.05 Å². The third-order valence-electron chi connectivity index (χ3n) is 2.68. The highest BCUT2D eigenvalue weighted by Gasteiger charge is 2.13. The van der Waals surface area contributed by atoms with Gasteiger partial charge in [-0.15, -0.1) is 0 Å². The summed E-state index contributed by atoms with van der Waals surface area (Å²) in [6.07, 6.45) is 5.46. The van der Waals surface area contributed by atoms with Gasteiger partial charge < -0.3 is 4.98 Å². The molecule has 0 atom stereocenters. The lowest BCUT2D eigenvalue weighted by Gasteiger charge is -2.00. The first kappa shape index (κ1) is 11.0. The zero-order valence-corrected chi connectivity index (χ0v) is 10.5. The molecule has 18 heavy (non-hydrogen) atoms. The smallest absolute Gasteiger partial charge is 0.141 e. The van der Waals surface area contributed by atoms with Crippen molar-refractivity contribution in [3.05, 3.63) is 47.9 Å². The van der Waals surface area contributed by atoms with Crippen LogP contribution in [0.2, 0.25) is 5.02 Å². The van der Waals surface area contributed by atoms with E-state index in [9.17, 15) is 0 Å². The fourth-order valence-electron chi connectivity index (χ4n) is 1.92. The Balaban J connectivity index is 2.18. The average molecular weight is 259 g/mol. The van der Waals surface area contributed by atoms with Crippen molar-refractivity contribution >= 4 is 11.6 Å². The standard InChI is InChI=1S/C13H11ClN4/c1-18-8-11(13-15-5-6-16-13)12(17-18)9-3-2-4-10(14)7-9/h2-8H,1H3,(H,15,16). The molecule has 2 heterocycles. The van der Waals surface area contributed by atoms with E-state index in [2.05, 4.69) is 15.1 Å². The van der Waals surface area contributed by atoms with Gasteiger partial charge in [0.05, 0.1) is 5.56 Å². The summed E-state index contributed by atoms with van der Waals surface area (Å²) >= 11 is 6.02. The largest absolute Gasteiger partial charge is 0.345 e. The van der Waals surface area contributed by atoms with Crippen LogP contribution in [0.5, 0.6) is 0 Å². The molecule has 3 aromatic rings. The van der Waals surface area contributed by atoms with E-state index in [1.54, 1.807) is 17.1 Å². The van der Waals surface area contributed by atoms with Crippen LogP contribution in [-0.4, -0.2) is 19.7 Å². The van der Waals surface area contributed by atoms with E-state index in [4.69, 9.17) is 11.6 Å². The fraction of sp³-hybridized carbons (Fsp3) is 0.0769. The predicted molar refractivity (Wildman–Crippen MR) is 71.2 cm³/mol. The minimum atomic E-state index is 0.698. The molecule has 0 amide bonds. The van der Waals surface area contributed by atoms with Gasteiger partial charge in [0.25, 0.3) is 0 Å². The number of hydrogen-bond donors (Lipinski definition) is 1. The molecular weight excluding hydrogens is 248 g/mol. The average Bonchev–Trinajstić information content (AvgIpc) is 2.97. The SMILES string of the molecule is Cn1cc(-c2ncc[nH]2)c(-c2cccc(Cl)c2)n1. The molecule has 0 aliphatic carbocycles. The van der Waals surface area contributed by atoms with E-state index in [1.807, 2.05) is 37.5 Å². The van der Waals surface area contributed by atoms with Crippen LogP contribution in [0, 0.1) is 0 Å². The number of benzene rings is 1. The molecule has 0 saturated heterocycles. The monoisotopic (exact) mass is 258 g/mol. The number of H-pyrrole nitrogens is 1. The van der Waals surface area contributed by atoms with Crippen LogP contribution >= 0.6 is 11.6 Å². The summed E-state index contributed by atoms with van der Waals surface area (Å²) in [6.45, 7) is 0. The second-order valence-electron chi connectivity index (χ2n) is 4.01. The third kappa shape index (κ3) is 1.91. The predicted octanol–water partition coefficient (Wildman–Crippen LogP) is 3.13. The molecule has 0 bridgehead atoms. The Morgan fingerprint density at radius 2 is 2.22 bits per heavy atom. The van der Waals surface area contributed by atoms with Gasteiger partial charge in [0.2, 0.25) is 0 Å². The molecule has 0 unspecified atom stereocenters. The Bertz CT molecular complexity index is 670. The van der Waals surface area contributed by atoms with Crippen LogP contribution in [-0.2, 0) is 7.05 Å². The number of hydrogen-bond acceptors (Lipinski definition) is 2. The molecule has 4 nitrogen and oxygen atoms in total. The van der Waals surface area contributed by atoms with E-state index in [0.717, 1.165) is 22.6 Å². The van der Waals surface area contributed by atoms with Crippen molar-refractivity contribution in [2.45, 2.75) is 0 Å². The molecule has 0 spiro atoms. The molecule has 0 fully saturated rings. The molecule has 2 aromatic heterocycles. The molecule has 3 rings (SSSR count). The maximum atomic E-state index is 6.02. The molecular formula is C13H11ClN4. The normalized spacial score (nSPS) is 10.8. The number of aromatic nitrogens is 4. The first-order chi connectivity index (χ1) is 8.74. The maximum absolute atomic E-state index is 6.02. The zero-order chi connectivity index (χ0) is 12.5. The molecule has 1 N–H and O–H groups in total. The number of nitrogens with zero attached hydrogens (tertiary/aromatic N) is 3. The van der Waals surface area contributed by atoms with Gasteiger partial charge in [-0.3, -0.25) is 4.68 Å². The Labute approximate surface area is 109 Å². The van der Waals surface area contributed by atoms with Gasteiger partial charge in [-0.25, -0.2) is 4.98 Å². The Morgan fingerprint density at radius 1 is 1.33 bits per heavy atom. The zero-order valence-electron chi connectivity index (χ0n) is 9.76. The molecule has 0 radical (unpaired) electrons. The van der Waals surface area contributed by atoms with Crippen molar-refractivity contribution in [3.63, 3.8) is 0 Å². The van der Waals surface area contributed by atoms with Gasteiger partial charge in [0.1, 0.15) is 11.5 Å². The summed E-state index contributed by atoms with van der Waals surface area (Å²) in [5.74, 6) is 0.804. The van der Waals surface area contributed by atoms with Crippen molar-refractivity contribution in [1.29, 1.82) is 0 Å². The molecule has 5 heteroatoms. The Hall–Kier alpha value is -2.07. The van der Waals surface area contributed by atoms with E-state index in [1.165, 1.54) is 0 Å². The first-order valence-corrected chi connectivity index (χ1v) is 5.91. The number of rotatable bonds is 2. The summed E-state index contributed by atoms with van der Waals surface area (Å²) in [5, 5.41) is 5.17. The van der Waals surface area contributed by atoms with Crippen LogP contribution in [0.15, 0.2) is 42.9 Å². The summed E-state index contributed by atoms with van der Waals surface area (Å²) in [4.78, 5) is 7.36. The van der Waals surface area contributed by atoms with E-state index >= 15 is 0 Å². The van der Waals surface area contributed by atoms with Crippen LogP contribution in [0.25, 0.3) is 22.6 Å². The highest BCUT2D eigenvalue weighted by Crippen LogP contribution is 2.29. The fourth-order valence-corrected chi connectivity index (χ4v) is 2.11. The quantitative estimate of drug-likeness (QED) is 0.768. The van der Waals surface area contributed by atoms with Crippen LogP contribution in [0.1, 0.15) is 0 Å². The molecule has 90 valence electrons. The van der Waals surface area contributed by atoms with Crippen molar-refractivity contribution in [3.8, 4) is 22.6 Å². The van der Waals surface area contributed by atoms with Gasteiger partial charge >= 0.3 is 0 Å². The van der Waals surface area contributed by atoms with Crippen LogP contribution in [0.4, 0.5) is 0 Å². The minimum Gasteiger partial charge on any atom is -0.345 e. The highest BCUT2D eigenvalue weighted by molar-refractivity contribution is 6.30. The number of aromatic amines is 1. The molecule has 1 aromatic carbocycles. The summed E-state index contributed by atoms with van der Waals surface area (Å²) in [5.41, 5.74) is 2.81. The summed E-state index contributed by atoms with van der Waals surface area (Å²) < 4.78 is 1.77. The van der Waals surface area contributed by atoms with E-state index < -0.39 is 0 Å². The summed E-state index contributed by atoms with van der Waals surface area (Å²) in [7, 11) is 1.89. The maximum Gasteiger partial charge on any atom is 0.141 e. The van der Waals surface area contributed by atoms with E-state index in [-0.39, 0.29) is 0 Å². The number of imidazole rings is 1. The topological polar surface area (TPSA) is 46.5 Å². The highest BCUT2D eigenvalue weighted by atomic mass is 35.5. The van der Waals surface area contributed by atoms with Crippen molar-refractivity contribution < 1.29 is 0 Å². The summed E-state index contributed by atoms with van der Waals surface area (Å²) in [6, 6.07) is 7.65. The van der Waals surface area contributed by atoms with Gasteiger partial charge in [0, 0.05) is 36.2 Å². The van der Waals surface area contributed by atoms with Gasteiger partial charge in [0.15, 0.2) is 0 Å². The Morgan fingerprint density at radius 3 is 2.94 bits per heavy atom. The first-order valence-electron chi connectivity index (χ1n) is 5.53. The second-order valence-corrected chi connectivity index (χ2v) is 4.45. The lowest BCUT2D eigenvalue weighted by Crippen LogP contribution is -1.87. The minimum absolute atomic E-state index is 0.698. The lowest BCUT2D eigenvalue weighted by molar-refractivity contribution is 0.771. The molecule has 0 aliphatic rings. The lowest BCUT2D eigenvalue weighted by atomic mass is 10.1.